The van der Waals surface area contributed by atoms with Crippen LogP contribution in [0.3, 0.4) is 0 Å². The third-order valence-corrected chi connectivity index (χ3v) is 9.39. The smallest absolute Gasteiger partial charge is 0.410 e. The lowest BCUT2D eigenvalue weighted by molar-refractivity contribution is 0.0122. The average molecular weight is 664 g/mol. The van der Waals surface area contributed by atoms with Crippen LogP contribution in [0.4, 0.5) is 15.0 Å². The van der Waals surface area contributed by atoms with Gasteiger partial charge in [0.05, 0.1) is 23.7 Å². The Bertz CT molecular complexity index is 1780. The van der Waals surface area contributed by atoms with Gasteiger partial charge >= 0.3 is 12.1 Å². The number of aromatic nitrogens is 2. The molecule has 3 aromatic carbocycles. The van der Waals surface area contributed by atoms with E-state index in [1.54, 1.807) is 12.1 Å². The Labute approximate surface area is 280 Å². The molecule has 2 aliphatic heterocycles. The Morgan fingerprint density at radius 1 is 1.06 bits per heavy atom. The molecule has 1 amide bonds. The van der Waals surface area contributed by atoms with Gasteiger partial charge in [0.25, 0.3) is 0 Å². The van der Waals surface area contributed by atoms with E-state index in [0.717, 1.165) is 49.7 Å². The summed E-state index contributed by atoms with van der Waals surface area (Å²) in [6.45, 7) is 14.0. The molecule has 6 rings (SSSR count). The minimum atomic E-state index is -0.616. The van der Waals surface area contributed by atoms with Crippen molar-refractivity contribution in [2.45, 2.75) is 71.6 Å². The number of benzene rings is 3. The van der Waals surface area contributed by atoms with Gasteiger partial charge in [-0.15, -0.1) is 0 Å². The van der Waals surface area contributed by atoms with E-state index < -0.39 is 11.4 Å². The number of carbonyl (C=O) groups is 1. The van der Waals surface area contributed by atoms with Gasteiger partial charge in [-0.1, -0.05) is 49.7 Å². The van der Waals surface area contributed by atoms with Crippen LogP contribution in [0.15, 0.2) is 42.5 Å². The van der Waals surface area contributed by atoms with E-state index in [2.05, 4.69) is 28.6 Å². The highest BCUT2D eigenvalue weighted by Gasteiger charge is 2.45. The van der Waals surface area contributed by atoms with Gasteiger partial charge in [-0.05, 0) is 87.7 Å². The largest absolute Gasteiger partial charge is 0.508 e. The number of amides is 1. The molecule has 1 aromatic heterocycles. The Kier molecular flexibility index (Phi) is 9.36. The fraction of sp³-hybridized carbons (Fsp3) is 0.472. The van der Waals surface area contributed by atoms with E-state index in [1.165, 1.54) is 6.07 Å². The monoisotopic (exact) mass is 663 g/mol. The molecule has 11 heteroatoms. The van der Waals surface area contributed by atoms with Gasteiger partial charge in [0.2, 0.25) is 0 Å². The van der Waals surface area contributed by atoms with E-state index in [9.17, 15) is 9.90 Å². The molecular weight excluding hydrogens is 621 g/mol. The SMILES string of the molecule is CCN(CC)CCCOc1nc(N2C[C@H]3CC[C@@H](C2)N3C(=O)OC(C)(C)C)c2cc(Cl)c(-c3cc(O)cc4ccccc34)c(F)c2n1. The number of aromatic hydroxyl groups is 1. The van der Waals surface area contributed by atoms with E-state index in [0.29, 0.717) is 36.5 Å². The van der Waals surface area contributed by atoms with E-state index in [-0.39, 0.29) is 46.0 Å². The van der Waals surface area contributed by atoms with Crippen LogP contribution in [0, 0.1) is 5.82 Å². The third kappa shape index (κ3) is 6.76. The number of hydrogen-bond donors (Lipinski definition) is 1. The first-order chi connectivity index (χ1) is 22.5. The number of ether oxygens (including phenoxy) is 2. The second-order valence-electron chi connectivity index (χ2n) is 13.4. The summed E-state index contributed by atoms with van der Waals surface area (Å²) in [4.78, 5) is 28.8. The Balaban J connectivity index is 1.41. The highest BCUT2D eigenvalue weighted by atomic mass is 35.5. The first kappa shape index (κ1) is 33.0. The molecule has 2 bridgehead atoms. The summed E-state index contributed by atoms with van der Waals surface area (Å²) in [5.41, 5.74) is 0.109. The van der Waals surface area contributed by atoms with Crippen LogP contribution in [-0.4, -0.2) is 88.0 Å². The van der Waals surface area contributed by atoms with Crippen molar-refractivity contribution < 1.29 is 23.8 Å². The molecule has 2 saturated heterocycles. The van der Waals surface area contributed by atoms with Crippen LogP contribution >= 0.6 is 11.6 Å². The molecule has 47 heavy (non-hydrogen) atoms. The number of fused-ring (bicyclic) bond motifs is 4. The fourth-order valence-electron chi connectivity index (χ4n) is 6.89. The summed E-state index contributed by atoms with van der Waals surface area (Å²) < 4.78 is 28.7. The summed E-state index contributed by atoms with van der Waals surface area (Å²) in [5.74, 6) is -0.0916. The molecule has 1 N–H and O–H groups in total. The minimum Gasteiger partial charge on any atom is -0.508 e. The van der Waals surface area contributed by atoms with E-state index in [1.807, 2.05) is 49.9 Å². The van der Waals surface area contributed by atoms with Crippen LogP contribution in [0.25, 0.3) is 32.8 Å². The highest BCUT2D eigenvalue weighted by Crippen LogP contribution is 2.43. The van der Waals surface area contributed by atoms with Crippen LogP contribution in [0.2, 0.25) is 5.02 Å². The zero-order valence-corrected chi connectivity index (χ0v) is 28.5. The highest BCUT2D eigenvalue weighted by molar-refractivity contribution is 6.35. The molecule has 0 radical (unpaired) electrons. The summed E-state index contributed by atoms with van der Waals surface area (Å²) in [7, 11) is 0. The number of rotatable bonds is 9. The van der Waals surface area contributed by atoms with Crippen molar-refractivity contribution in [2.24, 2.45) is 0 Å². The molecule has 4 aromatic rings. The predicted octanol–water partition coefficient (Wildman–Crippen LogP) is 7.65. The first-order valence-electron chi connectivity index (χ1n) is 16.5. The van der Waals surface area contributed by atoms with Crippen molar-refractivity contribution in [1.29, 1.82) is 0 Å². The quantitative estimate of drug-likeness (QED) is 0.183. The third-order valence-electron chi connectivity index (χ3n) is 9.09. The Morgan fingerprint density at radius 3 is 2.45 bits per heavy atom. The zero-order valence-electron chi connectivity index (χ0n) is 27.7. The zero-order chi connectivity index (χ0) is 33.5. The van der Waals surface area contributed by atoms with E-state index >= 15 is 4.39 Å². The van der Waals surface area contributed by atoms with E-state index in [4.69, 9.17) is 26.1 Å². The Hall–Kier alpha value is -3.89. The van der Waals surface area contributed by atoms with Gasteiger partial charge in [-0.3, -0.25) is 4.90 Å². The lowest BCUT2D eigenvalue weighted by Crippen LogP contribution is -2.57. The maximum atomic E-state index is 16.9. The van der Waals surface area contributed by atoms with Crippen molar-refractivity contribution in [3.05, 3.63) is 53.3 Å². The second-order valence-corrected chi connectivity index (χ2v) is 13.8. The predicted molar refractivity (Wildman–Crippen MR) is 184 cm³/mol. The number of phenols is 1. The van der Waals surface area contributed by atoms with Gasteiger partial charge in [-0.2, -0.15) is 9.97 Å². The molecule has 3 heterocycles. The fourth-order valence-corrected chi connectivity index (χ4v) is 7.19. The molecule has 2 atom stereocenters. The normalized spacial score (nSPS) is 18.0. The van der Waals surface area contributed by atoms with Crippen molar-refractivity contribution in [3.8, 4) is 22.9 Å². The molecule has 2 aliphatic rings. The van der Waals surface area contributed by atoms with Gasteiger partial charge in [-0.25, -0.2) is 9.18 Å². The summed E-state index contributed by atoms with van der Waals surface area (Å²) in [6, 6.07) is 12.3. The molecule has 0 aliphatic carbocycles. The van der Waals surface area contributed by atoms with Crippen molar-refractivity contribution in [3.63, 3.8) is 0 Å². The number of nitrogens with zero attached hydrogens (tertiary/aromatic N) is 5. The summed E-state index contributed by atoms with van der Waals surface area (Å²) in [5, 5.41) is 12.7. The number of anilines is 1. The van der Waals surface area contributed by atoms with Crippen molar-refractivity contribution in [1.82, 2.24) is 19.8 Å². The standard InChI is InChI=1S/C36H43ClFN5O4/c1-6-41(7-2)15-10-16-46-34-39-32-28(19-29(37)30(31(32)38)27-18-25(44)17-22-11-8-9-12-26(22)27)33(40-34)42-20-23-13-14-24(21-42)43(23)35(45)47-36(3,4)5/h8-9,11-12,17-19,23-24,44H,6-7,10,13-16,20-21H2,1-5H3/t23-,24+. The molecule has 0 saturated carbocycles. The van der Waals surface area contributed by atoms with Crippen molar-refractivity contribution >= 4 is 45.2 Å². The van der Waals surface area contributed by atoms with Crippen LogP contribution in [0.1, 0.15) is 53.9 Å². The average Bonchev–Trinajstić information content (AvgIpc) is 3.29. The molecule has 9 nitrogen and oxygen atoms in total. The Morgan fingerprint density at radius 2 is 1.77 bits per heavy atom. The van der Waals surface area contributed by atoms with Gasteiger partial charge in [0.1, 0.15) is 22.7 Å². The summed E-state index contributed by atoms with van der Waals surface area (Å²) >= 11 is 6.90. The summed E-state index contributed by atoms with van der Waals surface area (Å²) in [6.07, 6.45) is 2.12. The number of hydrogen-bond acceptors (Lipinski definition) is 8. The minimum absolute atomic E-state index is 0.00759. The molecule has 2 fully saturated rings. The molecule has 0 unspecified atom stereocenters. The maximum absolute atomic E-state index is 16.9. The molecule has 0 spiro atoms. The van der Waals surface area contributed by atoms with Crippen molar-refractivity contribution in [2.75, 3.05) is 44.2 Å². The van der Waals surface area contributed by atoms with Crippen LogP contribution in [-0.2, 0) is 4.74 Å². The van der Waals surface area contributed by atoms with Crippen LogP contribution < -0.4 is 9.64 Å². The number of piperazine rings is 1. The maximum Gasteiger partial charge on any atom is 0.410 e. The number of carbonyl (C=O) groups excluding carboxylic acids is 1. The van der Waals surface area contributed by atoms with Crippen LogP contribution in [0.5, 0.6) is 11.8 Å². The topological polar surface area (TPSA) is 91.3 Å². The first-order valence-corrected chi connectivity index (χ1v) is 16.9. The lowest BCUT2D eigenvalue weighted by Gasteiger charge is -2.42. The lowest BCUT2D eigenvalue weighted by atomic mass is 9.96. The molecular formula is C36H43ClFN5O4. The van der Waals surface area contributed by atoms with Gasteiger partial charge < -0.3 is 24.4 Å². The molecule has 250 valence electrons. The number of halogens is 2. The number of phenolic OH excluding ortho intramolecular Hbond substituents is 1. The van der Waals surface area contributed by atoms with Gasteiger partial charge in [0, 0.05) is 30.6 Å². The van der Waals surface area contributed by atoms with Gasteiger partial charge in [0.15, 0.2) is 5.82 Å². The second kappa shape index (κ2) is 13.3.